The van der Waals surface area contributed by atoms with E-state index >= 15 is 0 Å². The highest BCUT2D eigenvalue weighted by atomic mass is 16.5. The molecule has 0 aromatic carbocycles. The molecule has 0 aliphatic rings. The van der Waals surface area contributed by atoms with Crippen LogP contribution in [0.25, 0.3) is 0 Å². The predicted octanol–water partition coefficient (Wildman–Crippen LogP) is -0.318. The van der Waals surface area contributed by atoms with Crippen LogP contribution in [-0.4, -0.2) is 18.1 Å². The smallest absolute Gasteiger partial charge is 0.345 e. The number of methoxy groups -OCH3 is 1. The summed E-state index contributed by atoms with van der Waals surface area (Å²) in [6.45, 7) is 0. The molecule has 0 saturated heterocycles. The maximum absolute atomic E-state index is 10.7. The van der Waals surface area contributed by atoms with Crippen molar-refractivity contribution in [3.63, 3.8) is 0 Å². The van der Waals surface area contributed by atoms with Crippen LogP contribution < -0.4 is 4.98 Å². The lowest BCUT2D eigenvalue weighted by molar-refractivity contribution is -0.383. The third-order valence-corrected chi connectivity index (χ3v) is 1.02. The number of hydrogen-bond acceptors (Lipinski definition) is 3. The second-order valence-corrected chi connectivity index (χ2v) is 1.67. The molecule has 1 heterocycles. The van der Waals surface area contributed by atoms with Gasteiger partial charge in [0.2, 0.25) is 0 Å². The first-order valence-corrected chi connectivity index (χ1v) is 2.74. The molecule has 1 aromatic rings. The van der Waals surface area contributed by atoms with Crippen LogP contribution in [0, 0.1) is 0 Å². The quantitative estimate of drug-likeness (QED) is 0.501. The molecule has 0 spiro atoms. The maximum Gasteiger partial charge on any atom is 0.345 e. The van der Waals surface area contributed by atoms with Gasteiger partial charge in [-0.1, -0.05) is 4.98 Å². The Balaban J connectivity index is 2.85. The highest BCUT2D eigenvalue weighted by Crippen LogP contribution is 1.91. The first-order valence-electron chi connectivity index (χ1n) is 2.74. The molecular weight excluding hydrogens is 132 g/mol. The van der Waals surface area contributed by atoms with E-state index in [4.69, 9.17) is 0 Å². The summed E-state index contributed by atoms with van der Waals surface area (Å²) in [7, 11) is 1.33. The van der Waals surface area contributed by atoms with E-state index in [0.717, 1.165) is 0 Å². The Kier molecular flexibility index (Phi) is 1.94. The zero-order valence-electron chi connectivity index (χ0n) is 5.50. The summed E-state index contributed by atoms with van der Waals surface area (Å²) in [6.07, 6.45) is 4.44. The molecule has 4 nitrogen and oxygen atoms in total. The van der Waals surface area contributed by atoms with Crippen LogP contribution in [-0.2, 0) is 4.74 Å². The first-order chi connectivity index (χ1) is 4.84. The number of aromatic nitrogens is 2. The molecule has 0 amide bonds. The SMILES string of the molecule is COC(=O)c1cnc[nH+]c1. The molecule has 0 aliphatic carbocycles. The molecule has 10 heavy (non-hydrogen) atoms. The van der Waals surface area contributed by atoms with Gasteiger partial charge in [0.25, 0.3) is 6.33 Å². The molecule has 0 bridgehead atoms. The van der Waals surface area contributed by atoms with Crippen LogP contribution in [0.3, 0.4) is 0 Å². The number of ether oxygens (including phenoxy) is 1. The van der Waals surface area contributed by atoms with Gasteiger partial charge in [-0.05, 0) is 0 Å². The van der Waals surface area contributed by atoms with Crippen molar-refractivity contribution in [1.29, 1.82) is 0 Å². The second-order valence-electron chi connectivity index (χ2n) is 1.67. The van der Waals surface area contributed by atoms with E-state index in [1.807, 2.05) is 0 Å². The van der Waals surface area contributed by atoms with Gasteiger partial charge in [0, 0.05) is 0 Å². The van der Waals surface area contributed by atoms with Crippen molar-refractivity contribution in [3.05, 3.63) is 24.3 Å². The van der Waals surface area contributed by atoms with Gasteiger partial charge in [-0.2, -0.15) is 0 Å². The molecule has 0 atom stereocenters. The predicted molar refractivity (Wildman–Crippen MR) is 32.1 cm³/mol. The van der Waals surface area contributed by atoms with Gasteiger partial charge in [0.1, 0.15) is 11.8 Å². The van der Waals surface area contributed by atoms with Crippen molar-refractivity contribution in [2.75, 3.05) is 7.11 Å². The summed E-state index contributed by atoms with van der Waals surface area (Å²) in [5.41, 5.74) is 0.421. The maximum atomic E-state index is 10.7. The van der Waals surface area contributed by atoms with Crippen molar-refractivity contribution in [1.82, 2.24) is 4.98 Å². The summed E-state index contributed by atoms with van der Waals surface area (Å²) >= 11 is 0. The lowest BCUT2D eigenvalue weighted by atomic mass is 10.4. The summed E-state index contributed by atoms with van der Waals surface area (Å²) in [6, 6.07) is 0. The number of carbonyl (C=O) groups excluding carboxylic acids is 1. The fourth-order valence-corrected chi connectivity index (χ4v) is 0.554. The number of hydrogen-bond donors (Lipinski definition) is 0. The van der Waals surface area contributed by atoms with Crippen molar-refractivity contribution in [2.24, 2.45) is 0 Å². The minimum Gasteiger partial charge on any atom is -0.465 e. The molecule has 52 valence electrons. The van der Waals surface area contributed by atoms with Crippen molar-refractivity contribution < 1.29 is 14.5 Å². The largest absolute Gasteiger partial charge is 0.465 e. The Morgan fingerprint density at radius 1 is 1.80 bits per heavy atom. The van der Waals surface area contributed by atoms with E-state index in [-0.39, 0.29) is 5.97 Å². The standard InChI is InChI=1S/C6H6N2O2/c1-10-6(9)5-2-7-4-8-3-5/h2-4H,1H3/p+1. The number of nitrogens with one attached hydrogen (secondary N) is 1. The number of H-pyrrole nitrogens is 1. The fraction of sp³-hybridized carbons (Fsp3) is 0.167. The van der Waals surface area contributed by atoms with E-state index in [1.54, 1.807) is 0 Å². The Labute approximate surface area is 57.9 Å². The Morgan fingerprint density at radius 3 is 3.10 bits per heavy atom. The number of carbonyl (C=O) groups is 1. The van der Waals surface area contributed by atoms with Crippen LogP contribution in [0.2, 0.25) is 0 Å². The molecule has 0 fully saturated rings. The average molecular weight is 139 g/mol. The van der Waals surface area contributed by atoms with Crippen LogP contribution >= 0.6 is 0 Å². The van der Waals surface area contributed by atoms with E-state index < -0.39 is 0 Å². The number of esters is 1. The lowest BCUT2D eigenvalue weighted by Crippen LogP contribution is -2.09. The molecule has 0 saturated carbocycles. The Bertz CT molecular complexity index is 222. The molecule has 0 unspecified atom stereocenters. The molecule has 4 heteroatoms. The third kappa shape index (κ3) is 1.28. The van der Waals surface area contributed by atoms with E-state index in [0.29, 0.717) is 5.56 Å². The van der Waals surface area contributed by atoms with E-state index in [2.05, 4.69) is 14.7 Å². The minimum atomic E-state index is -0.385. The number of rotatable bonds is 1. The van der Waals surface area contributed by atoms with Gasteiger partial charge in [-0.15, -0.1) is 0 Å². The molecule has 0 aliphatic heterocycles. The zero-order valence-corrected chi connectivity index (χ0v) is 5.50. The van der Waals surface area contributed by atoms with Crippen molar-refractivity contribution in [3.8, 4) is 0 Å². The second kappa shape index (κ2) is 2.91. The van der Waals surface area contributed by atoms with Gasteiger partial charge in [-0.25, -0.2) is 9.78 Å². The topological polar surface area (TPSA) is 53.3 Å². The Hall–Kier alpha value is -1.45. The van der Waals surface area contributed by atoms with Crippen molar-refractivity contribution in [2.45, 2.75) is 0 Å². The highest BCUT2D eigenvalue weighted by Gasteiger charge is 2.06. The molecule has 0 radical (unpaired) electrons. The van der Waals surface area contributed by atoms with Crippen LogP contribution in [0.5, 0.6) is 0 Å². The minimum absolute atomic E-state index is 0.385. The molecule has 1 N–H and O–H groups in total. The number of nitrogens with zero attached hydrogens (tertiary/aromatic N) is 1. The van der Waals surface area contributed by atoms with Gasteiger partial charge in [-0.3, -0.25) is 0 Å². The van der Waals surface area contributed by atoms with Gasteiger partial charge in [0.15, 0.2) is 6.20 Å². The van der Waals surface area contributed by atoms with E-state index in [1.165, 1.54) is 25.8 Å². The van der Waals surface area contributed by atoms with Crippen LogP contribution in [0.15, 0.2) is 18.7 Å². The first kappa shape index (κ1) is 6.67. The molecule has 1 rings (SSSR count). The summed E-state index contributed by atoms with van der Waals surface area (Å²) < 4.78 is 4.44. The Morgan fingerprint density at radius 2 is 2.60 bits per heavy atom. The zero-order chi connectivity index (χ0) is 7.40. The summed E-state index contributed by atoms with van der Waals surface area (Å²) in [5, 5.41) is 0. The molecule has 1 aromatic heterocycles. The molecular formula is C6H7N2O2+. The number of aromatic amines is 1. The van der Waals surface area contributed by atoms with Gasteiger partial charge < -0.3 is 4.74 Å². The van der Waals surface area contributed by atoms with Crippen molar-refractivity contribution >= 4 is 5.97 Å². The lowest BCUT2D eigenvalue weighted by Gasteiger charge is -1.91. The fourth-order valence-electron chi connectivity index (χ4n) is 0.554. The average Bonchev–Trinajstić information content (AvgIpc) is 2.05. The van der Waals surface area contributed by atoms with Gasteiger partial charge >= 0.3 is 5.97 Å². The van der Waals surface area contributed by atoms with Gasteiger partial charge in [0.05, 0.1) is 7.11 Å². The summed E-state index contributed by atoms with van der Waals surface area (Å²) in [4.78, 5) is 17.1. The van der Waals surface area contributed by atoms with E-state index in [9.17, 15) is 4.79 Å². The third-order valence-electron chi connectivity index (χ3n) is 1.02. The monoisotopic (exact) mass is 139 g/mol. The normalized spacial score (nSPS) is 8.90. The summed E-state index contributed by atoms with van der Waals surface area (Å²) in [5.74, 6) is -0.385. The highest BCUT2D eigenvalue weighted by molar-refractivity contribution is 5.88. The van der Waals surface area contributed by atoms with Crippen LogP contribution in [0.1, 0.15) is 10.4 Å². The van der Waals surface area contributed by atoms with Crippen LogP contribution in [0.4, 0.5) is 0 Å².